The first-order chi connectivity index (χ1) is 15.1. The number of urea groups is 1. The number of hydrogen-bond donors (Lipinski definition) is 2. The zero-order valence-corrected chi connectivity index (χ0v) is 18.3. The summed E-state index contributed by atoms with van der Waals surface area (Å²) in [5, 5.41) is 15.1. The average Bonchev–Trinajstić information content (AvgIpc) is 3.43. The summed E-state index contributed by atoms with van der Waals surface area (Å²) in [4.78, 5) is 24.3. The predicted molar refractivity (Wildman–Crippen MR) is 121 cm³/mol. The Morgan fingerprint density at radius 2 is 1.74 bits per heavy atom. The van der Waals surface area contributed by atoms with Gasteiger partial charge in [-0.15, -0.1) is 10.2 Å². The molecule has 1 aromatic heterocycles. The van der Waals surface area contributed by atoms with Gasteiger partial charge in [-0.1, -0.05) is 54.4 Å². The second-order valence-corrected chi connectivity index (χ2v) is 8.65. The highest BCUT2D eigenvalue weighted by atomic mass is 35.5. The number of aromatic nitrogens is 3. The number of benzene rings is 2. The molecule has 3 amide bonds. The van der Waals surface area contributed by atoms with E-state index >= 15 is 0 Å². The van der Waals surface area contributed by atoms with Gasteiger partial charge in [-0.3, -0.25) is 14.7 Å². The molecule has 2 aromatic carbocycles. The Morgan fingerprint density at radius 1 is 1.03 bits per heavy atom. The molecule has 2 N–H and O–H groups in total. The van der Waals surface area contributed by atoms with Crippen LogP contribution in [-0.4, -0.2) is 38.5 Å². The summed E-state index contributed by atoms with van der Waals surface area (Å²) in [6.45, 7) is 0. The lowest BCUT2D eigenvalue weighted by molar-refractivity contribution is -0.117. The smallest absolute Gasteiger partial charge is 0.321 e. The van der Waals surface area contributed by atoms with Crippen molar-refractivity contribution in [2.45, 2.75) is 36.9 Å². The van der Waals surface area contributed by atoms with E-state index < -0.39 is 6.03 Å². The van der Waals surface area contributed by atoms with E-state index in [1.165, 1.54) is 11.8 Å². The molecule has 0 radical (unpaired) electrons. The van der Waals surface area contributed by atoms with Crippen molar-refractivity contribution in [2.75, 3.05) is 5.75 Å². The summed E-state index contributed by atoms with van der Waals surface area (Å²) in [6.07, 6.45) is 4.15. The quantitative estimate of drug-likeness (QED) is 0.536. The first-order valence-electron chi connectivity index (χ1n) is 10.1. The molecule has 9 heteroatoms. The van der Waals surface area contributed by atoms with Crippen LogP contribution in [0.3, 0.4) is 0 Å². The topological polar surface area (TPSA) is 88.9 Å². The van der Waals surface area contributed by atoms with Crippen LogP contribution in [0.2, 0.25) is 5.02 Å². The second kappa shape index (κ2) is 9.98. The van der Waals surface area contributed by atoms with Crippen molar-refractivity contribution >= 4 is 35.3 Å². The van der Waals surface area contributed by atoms with E-state index in [0.29, 0.717) is 16.0 Å². The molecule has 31 heavy (non-hydrogen) atoms. The summed E-state index contributed by atoms with van der Waals surface area (Å²) in [6, 6.07) is 16.7. The minimum atomic E-state index is -0.441. The zero-order valence-electron chi connectivity index (χ0n) is 16.8. The van der Waals surface area contributed by atoms with E-state index in [9.17, 15) is 9.59 Å². The van der Waals surface area contributed by atoms with Crippen LogP contribution in [-0.2, 0) is 4.79 Å². The van der Waals surface area contributed by atoms with E-state index in [2.05, 4.69) is 20.8 Å². The van der Waals surface area contributed by atoms with E-state index in [0.717, 1.165) is 36.9 Å². The maximum atomic E-state index is 12.3. The fraction of sp³-hybridized carbons (Fsp3) is 0.273. The van der Waals surface area contributed by atoms with E-state index in [1.54, 1.807) is 12.1 Å². The zero-order chi connectivity index (χ0) is 21.6. The van der Waals surface area contributed by atoms with Crippen LogP contribution in [0.4, 0.5) is 4.79 Å². The van der Waals surface area contributed by atoms with Crippen LogP contribution >= 0.6 is 23.4 Å². The second-order valence-electron chi connectivity index (χ2n) is 7.28. The van der Waals surface area contributed by atoms with Crippen molar-refractivity contribution in [2.24, 2.45) is 0 Å². The number of thioether (sulfide) groups is 1. The van der Waals surface area contributed by atoms with Crippen molar-refractivity contribution in [3.8, 4) is 17.1 Å². The fourth-order valence-electron chi connectivity index (χ4n) is 3.54. The van der Waals surface area contributed by atoms with Crippen LogP contribution in [0.5, 0.6) is 0 Å². The normalized spacial score (nSPS) is 13.8. The number of nitrogens with zero attached hydrogens (tertiary/aromatic N) is 3. The van der Waals surface area contributed by atoms with Gasteiger partial charge in [0.15, 0.2) is 11.0 Å². The molecule has 4 rings (SSSR count). The summed E-state index contributed by atoms with van der Waals surface area (Å²) >= 11 is 7.24. The van der Waals surface area contributed by atoms with Gasteiger partial charge in [-0.2, -0.15) is 0 Å². The molecule has 0 unspecified atom stereocenters. The molecule has 1 heterocycles. The molecule has 0 bridgehead atoms. The molecule has 0 atom stereocenters. The van der Waals surface area contributed by atoms with Gasteiger partial charge in [0.05, 0.1) is 5.75 Å². The van der Waals surface area contributed by atoms with Gasteiger partial charge < -0.3 is 5.32 Å². The average molecular weight is 456 g/mol. The molecule has 0 saturated heterocycles. The van der Waals surface area contributed by atoms with Gasteiger partial charge in [0.25, 0.3) is 0 Å². The third-order valence-corrected chi connectivity index (χ3v) is 6.21. The monoisotopic (exact) mass is 455 g/mol. The van der Waals surface area contributed by atoms with Crippen molar-refractivity contribution in [1.29, 1.82) is 0 Å². The Balaban J connectivity index is 1.48. The van der Waals surface area contributed by atoms with Crippen LogP contribution in [0.1, 0.15) is 25.7 Å². The standard InChI is InChI=1S/C22H22ClN5O2S/c23-16-12-10-15(11-13-16)20-26-27-22(28(20)18-8-2-1-3-9-18)31-14-19(29)25-21(30)24-17-6-4-5-7-17/h1-3,8-13,17H,4-7,14H2,(H2,24,25,29,30). The first kappa shape index (κ1) is 21.4. The van der Waals surface area contributed by atoms with Gasteiger partial charge in [0, 0.05) is 22.3 Å². The van der Waals surface area contributed by atoms with Crippen molar-refractivity contribution in [3.63, 3.8) is 0 Å². The number of carbonyl (C=O) groups is 2. The molecule has 1 saturated carbocycles. The summed E-state index contributed by atoms with van der Waals surface area (Å²) in [5.41, 5.74) is 1.73. The number of halogens is 1. The maximum Gasteiger partial charge on any atom is 0.321 e. The molecule has 0 aliphatic heterocycles. The number of imide groups is 1. The molecular formula is C22H22ClN5O2S. The Bertz CT molecular complexity index is 1050. The van der Waals surface area contributed by atoms with Crippen LogP contribution in [0.25, 0.3) is 17.1 Å². The summed E-state index contributed by atoms with van der Waals surface area (Å²) in [7, 11) is 0. The largest absolute Gasteiger partial charge is 0.335 e. The molecule has 7 nitrogen and oxygen atoms in total. The predicted octanol–water partition coefficient (Wildman–Crippen LogP) is 4.45. The third-order valence-electron chi connectivity index (χ3n) is 5.03. The lowest BCUT2D eigenvalue weighted by Gasteiger charge is -2.12. The highest BCUT2D eigenvalue weighted by molar-refractivity contribution is 7.99. The summed E-state index contributed by atoms with van der Waals surface area (Å²) in [5.74, 6) is 0.310. The Morgan fingerprint density at radius 3 is 2.45 bits per heavy atom. The Labute approximate surface area is 189 Å². The maximum absolute atomic E-state index is 12.3. The van der Waals surface area contributed by atoms with Crippen LogP contribution in [0, 0.1) is 0 Å². The molecule has 0 spiro atoms. The van der Waals surface area contributed by atoms with Gasteiger partial charge >= 0.3 is 6.03 Å². The molecule has 1 aliphatic carbocycles. The van der Waals surface area contributed by atoms with Crippen LogP contribution < -0.4 is 10.6 Å². The van der Waals surface area contributed by atoms with E-state index in [1.807, 2.05) is 47.0 Å². The number of hydrogen-bond acceptors (Lipinski definition) is 5. The van der Waals surface area contributed by atoms with Gasteiger partial charge in [0.1, 0.15) is 0 Å². The van der Waals surface area contributed by atoms with E-state index in [4.69, 9.17) is 11.6 Å². The highest BCUT2D eigenvalue weighted by Crippen LogP contribution is 2.28. The van der Waals surface area contributed by atoms with Gasteiger partial charge in [-0.25, -0.2) is 4.79 Å². The number of rotatable bonds is 6. The molecule has 160 valence electrons. The van der Waals surface area contributed by atoms with Crippen molar-refractivity contribution in [3.05, 3.63) is 59.6 Å². The van der Waals surface area contributed by atoms with Crippen molar-refractivity contribution in [1.82, 2.24) is 25.4 Å². The molecule has 1 fully saturated rings. The summed E-state index contributed by atoms with van der Waals surface area (Å²) < 4.78 is 1.89. The van der Waals surface area contributed by atoms with Crippen molar-refractivity contribution < 1.29 is 9.59 Å². The number of para-hydroxylation sites is 1. The molecule has 3 aromatic rings. The Kier molecular flexibility index (Phi) is 6.89. The fourth-order valence-corrected chi connectivity index (χ4v) is 4.42. The lowest BCUT2D eigenvalue weighted by atomic mass is 10.2. The molecular weight excluding hydrogens is 434 g/mol. The third kappa shape index (κ3) is 5.45. The van der Waals surface area contributed by atoms with Gasteiger partial charge in [-0.05, 0) is 49.2 Å². The minimum absolute atomic E-state index is 0.0453. The number of amides is 3. The van der Waals surface area contributed by atoms with Gasteiger partial charge in [0.2, 0.25) is 5.91 Å². The lowest BCUT2D eigenvalue weighted by Crippen LogP contribution is -2.44. The minimum Gasteiger partial charge on any atom is -0.335 e. The Hall–Kier alpha value is -2.84. The molecule has 1 aliphatic rings. The number of carbonyl (C=O) groups excluding carboxylic acids is 2. The SMILES string of the molecule is O=C(CSc1nnc(-c2ccc(Cl)cc2)n1-c1ccccc1)NC(=O)NC1CCCC1. The highest BCUT2D eigenvalue weighted by Gasteiger charge is 2.20. The number of nitrogens with one attached hydrogen (secondary N) is 2. The van der Waals surface area contributed by atoms with E-state index in [-0.39, 0.29) is 17.7 Å². The first-order valence-corrected chi connectivity index (χ1v) is 11.5. The van der Waals surface area contributed by atoms with Crippen LogP contribution in [0.15, 0.2) is 59.8 Å².